The molecule has 1 heterocycles. The highest BCUT2D eigenvalue weighted by atomic mass is 79.9. The fourth-order valence-corrected chi connectivity index (χ4v) is 4.19. The molecule has 0 bridgehead atoms. The quantitative estimate of drug-likeness (QED) is 0.865. The predicted octanol–water partition coefficient (Wildman–Crippen LogP) is 4.29. The van der Waals surface area contributed by atoms with E-state index < -0.39 is 0 Å². The van der Waals surface area contributed by atoms with E-state index in [2.05, 4.69) is 62.7 Å². The van der Waals surface area contributed by atoms with E-state index in [9.17, 15) is 0 Å². The molecule has 0 fully saturated rings. The Kier molecular flexibility index (Phi) is 5.38. The van der Waals surface area contributed by atoms with E-state index in [1.54, 1.807) is 11.8 Å². The van der Waals surface area contributed by atoms with E-state index in [0.29, 0.717) is 6.04 Å². The fourth-order valence-electron chi connectivity index (χ4n) is 1.60. The monoisotopic (exact) mass is 357 g/mol. The largest absolute Gasteiger partial charge is 0.313 e. The number of rotatable bonds is 5. The maximum absolute atomic E-state index is 4.47. The van der Waals surface area contributed by atoms with E-state index >= 15 is 0 Å². The van der Waals surface area contributed by atoms with Crippen LogP contribution in [0.15, 0.2) is 31.9 Å². The molecule has 102 valence electrons. The molecule has 3 nitrogen and oxygen atoms in total. The van der Waals surface area contributed by atoms with E-state index in [-0.39, 0.29) is 0 Å². The highest BCUT2D eigenvalue weighted by Gasteiger charge is 2.10. The van der Waals surface area contributed by atoms with Crippen LogP contribution in [0, 0.1) is 0 Å². The third-order valence-electron chi connectivity index (χ3n) is 2.84. The summed E-state index contributed by atoms with van der Waals surface area (Å²) in [6, 6.07) is 6.75. The highest BCUT2D eigenvalue weighted by Crippen LogP contribution is 2.33. The molecule has 1 atom stereocenters. The van der Waals surface area contributed by atoms with Gasteiger partial charge in [-0.1, -0.05) is 40.7 Å². The minimum absolute atomic E-state index is 0.335. The van der Waals surface area contributed by atoms with Crippen molar-refractivity contribution in [3.63, 3.8) is 0 Å². The maximum atomic E-state index is 4.47. The molecule has 19 heavy (non-hydrogen) atoms. The number of hydrogen-bond acceptors (Lipinski definition) is 5. The molecule has 0 aliphatic heterocycles. The molecule has 0 amide bonds. The fraction of sp³-hybridized carbons (Fsp3) is 0.385. The molecule has 2 aromatic rings. The molecule has 6 heteroatoms. The Hall–Kier alpha value is -0.430. The van der Waals surface area contributed by atoms with Crippen LogP contribution in [0.25, 0.3) is 0 Å². The summed E-state index contributed by atoms with van der Waals surface area (Å²) in [4.78, 5) is 5.65. The van der Waals surface area contributed by atoms with E-state index in [1.165, 1.54) is 22.0 Å². The summed E-state index contributed by atoms with van der Waals surface area (Å²) in [5.74, 6) is 0.923. The van der Waals surface area contributed by atoms with Crippen LogP contribution in [-0.4, -0.2) is 16.4 Å². The summed E-state index contributed by atoms with van der Waals surface area (Å²) in [6.07, 6.45) is 0.888. The second kappa shape index (κ2) is 6.83. The van der Waals surface area contributed by atoms with E-state index in [4.69, 9.17) is 0 Å². The van der Waals surface area contributed by atoms with Gasteiger partial charge in [0.2, 0.25) is 0 Å². The Balaban J connectivity index is 2.15. The van der Waals surface area contributed by atoms with Crippen LogP contribution >= 0.6 is 39.2 Å². The van der Waals surface area contributed by atoms with Crippen LogP contribution in [0.3, 0.4) is 0 Å². The lowest BCUT2D eigenvalue weighted by molar-refractivity contribution is 0.649. The smallest absolute Gasteiger partial charge is 0.174 e. The van der Waals surface area contributed by atoms with Gasteiger partial charge in [-0.15, -0.1) is 0 Å². The number of nitrogens with zero attached hydrogens (tertiary/aromatic N) is 2. The Labute approximate surface area is 130 Å². The summed E-state index contributed by atoms with van der Waals surface area (Å²) < 4.78 is 6.42. The lowest BCUT2D eigenvalue weighted by Crippen LogP contribution is -2.12. The summed E-state index contributed by atoms with van der Waals surface area (Å²) >= 11 is 6.76. The topological polar surface area (TPSA) is 37.8 Å². The molecule has 2 rings (SSSR count). The van der Waals surface area contributed by atoms with Gasteiger partial charge in [0.15, 0.2) is 4.34 Å². The zero-order valence-corrected chi connectivity index (χ0v) is 14.3. The molecule has 1 aromatic carbocycles. The van der Waals surface area contributed by atoms with Crippen molar-refractivity contribution in [2.75, 3.05) is 7.05 Å². The Morgan fingerprint density at radius 1 is 1.47 bits per heavy atom. The molecule has 1 unspecified atom stereocenters. The zero-order valence-electron chi connectivity index (χ0n) is 11.1. The summed E-state index contributed by atoms with van der Waals surface area (Å²) in [5, 5.41) is 3.25. The third kappa shape index (κ3) is 3.78. The van der Waals surface area contributed by atoms with Gasteiger partial charge < -0.3 is 5.32 Å². The van der Waals surface area contributed by atoms with Gasteiger partial charge in [-0.3, -0.25) is 0 Å². The average molecular weight is 358 g/mol. The Morgan fingerprint density at radius 3 is 2.84 bits per heavy atom. The first-order valence-electron chi connectivity index (χ1n) is 6.11. The van der Waals surface area contributed by atoms with Gasteiger partial charge in [-0.25, -0.2) is 4.98 Å². The van der Waals surface area contributed by atoms with Crippen molar-refractivity contribution in [1.82, 2.24) is 14.7 Å². The van der Waals surface area contributed by atoms with Gasteiger partial charge in [0.25, 0.3) is 0 Å². The SMILES string of the molecule is CCc1nsc(Sc2ccc(C(C)NC)c(Br)c2)n1. The van der Waals surface area contributed by atoms with Gasteiger partial charge >= 0.3 is 0 Å². The van der Waals surface area contributed by atoms with Crippen molar-refractivity contribution in [3.05, 3.63) is 34.1 Å². The van der Waals surface area contributed by atoms with Crippen LogP contribution < -0.4 is 5.32 Å². The lowest BCUT2D eigenvalue weighted by atomic mass is 10.1. The van der Waals surface area contributed by atoms with Crippen molar-refractivity contribution in [1.29, 1.82) is 0 Å². The first-order chi connectivity index (χ1) is 9.13. The van der Waals surface area contributed by atoms with Crippen LogP contribution in [-0.2, 0) is 6.42 Å². The maximum Gasteiger partial charge on any atom is 0.174 e. The standard InChI is InChI=1S/C13H16BrN3S2/c1-4-12-16-13(19-17-12)18-9-5-6-10(8(2)15-3)11(14)7-9/h5-8,15H,4H2,1-3H3. The Morgan fingerprint density at radius 2 is 2.26 bits per heavy atom. The number of aryl methyl sites for hydroxylation is 1. The van der Waals surface area contributed by atoms with E-state index in [1.807, 2.05) is 7.05 Å². The van der Waals surface area contributed by atoms with Crippen molar-refractivity contribution in [3.8, 4) is 0 Å². The summed E-state index contributed by atoms with van der Waals surface area (Å²) in [7, 11) is 1.97. The zero-order chi connectivity index (χ0) is 13.8. The average Bonchev–Trinajstić information content (AvgIpc) is 2.86. The molecule has 0 spiro atoms. The van der Waals surface area contributed by atoms with Gasteiger partial charge in [0.1, 0.15) is 5.82 Å². The van der Waals surface area contributed by atoms with Crippen molar-refractivity contribution >= 4 is 39.2 Å². The molecular weight excluding hydrogens is 342 g/mol. The second-order valence-electron chi connectivity index (χ2n) is 4.13. The molecule has 1 N–H and O–H groups in total. The molecular formula is C13H16BrN3S2. The molecule has 0 radical (unpaired) electrons. The number of hydrogen-bond donors (Lipinski definition) is 1. The minimum Gasteiger partial charge on any atom is -0.313 e. The molecule has 1 aromatic heterocycles. The van der Waals surface area contributed by atoms with Crippen molar-refractivity contribution in [2.45, 2.75) is 35.5 Å². The molecule has 0 saturated carbocycles. The van der Waals surface area contributed by atoms with Gasteiger partial charge in [-0.05, 0) is 43.2 Å². The summed E-state index contributed by atoms with van der Waals surface area (Å²) in [6.45, 7) is 4.21. The summed E-state index contributed by atoms with van der Waals surface area (Å²) in [5.41, 5.74) is 1.26. The van der Waals surface area contributed by atoms with Crippen molar-refractivity contribution in [2.24, 2.45) is 0 Å². The van der Waals surface area contributed by atoms with Crippen LogP contribution in [0.2, 0.25) is 0 Å². The first-order valence-corrected chi connectivity index (χ1v) is 8.49. The number of aromatic nitrogens is 2. The lowest BCUT2D eigenvalue weighted by Gasteiger charge is -2.13. The third-order valence-corrected chi connectivity index (χ3v) is 5.31. The number of benzene rings is 1. The van der Waals surface area contributed by atoms with Gasteiger partial charge in [0, 0.05) is 21.8 Å². The normalized spacial score (nSPS) is 12.6. The van der Waals surface area contributed by atoms with Crippen LogP contribution in [0.1, 0.15) is 31.3 Å². The molecule has 0 aliphatic rings. The van der Waals surface area contributed by atoms with Gasteiger partial charge in [0.05, 0.1) is 0 Å². The van der Waals surface area contributed by atoms with E-state index in [0.717, 1.165) is 21.1 Å². The molecule has 0 saturated heterocycles. The highest BCUT2D eigenvalue weighted by molar-refractivity contribution is 9.10. The second-order valence-corrected chi connectivity index (χ2v) is 7.05. The molecule has 0 aliphatic carbocycles. The number of halogens is 1. The van der Waals surface area contributed by atoms with Crippen LogP contribution in [0.4, 0.5) is 0 Å². The minimum atomic E-state index is 0.335. The van der Waals surface area contributed by atoms with Gasteiger partial charge in [-0.2, -0.15) is 4.37 Å². The first kappa shape index (κ1) is 15.0. The number of nitrogens with one attached hydrogen (secondary N) is 1. The predicted molar refractivity (Wildman–Crippen MR) is 85.0 cm³/mol. The van der Waals surface area contributed by atoms with Crippen molar-refractivity contribution < 1.29 is 0 Å². The Bertz CT molecular complexity index is 557. The van der Waals surface area contributed by atoms with Crippen LogP contribution in [0.5, 0.6) is 0 Å².